The molecular formula is C14H10BrF3N2O3. The molecule has 0 aliphatic rings. The number of anilines is 1. The van der Waals surface area contributed by atoms with Crippen LogP contribution in [-0.4, -0.2) is 18.4 Å². The van der Waals surface area contributed by atoms with Crippen LogP contribution in [0.5, 0.6) is 0 Å². The normalized spacial score (nSPS) is 11.1. The SMILES string of the molecule is O=C(CNC(=O)c1ccco1)Nc1ccc(Br)c(C(F)(F)F)c1. The Kier molecular flexibility index (Phi) is 5.09. The zero-order valence-electron chi connectivity index (χ0n) is 11.4. The number of amides is 2. The monoisotopic (exact) mass is 390 g/mol. The molecule has 0 unspecified atom stereocenters. The molecule has 1 heterocycles. The van der Waals surface area contributed by atoms with Gasteiger partial charge in [0.1, 0.15) is 0 Å². The minimum absolute atomic E-state index is 0.0285. The molecule has 0 atom stereocenters. The third kappa shape index (κ3) is 4.59. The van der Waals surface area contributed by atoms with Crippen molar-refractivity contribution in [1.82, 2.24) is 5.32 Å². The Morgan fingerprint density at radius 2 is 1.96 bits per heavy atom. The first-order chi connectivity index (χ1) is 10.8. The summed E-state index contributed by atoms with van der Waals surface area (Å²) in [6.45, 7) is -0.406. The fourth-order valence-electron chi connectivity index (χ4n) is 1.68. The van der Waals surface area contributed by atoms with E-state index < -0.39 is 30.1 Å². The molecule has 0 spiro atoms. The second kappa shape index (κ2) is 6.86. The lowest BCUT2D eigenvalue weighted by atomic mass is 10.2. The van der Waals surface area contributed by atoms with Crippen LogP contribution in [0.2, 0.25) is 0 Å². The molecule has 1 aromatic carbocycles. The van der Waals surface area contributed by atoms with E-state index in [-0.39, 0.29) is 15.9 Å². The maximum atomic E-state index is 12.8. The summed E-state index contributed by atoms with van der Waals surface area (Å²) < 4.78 is 43.0. The molecule has 2 rings (SSSR count). The highest BCUT2D eigenvalue weighted by molar-refractivity contribution is 9.10. The fourth-order valence-corrected chi connectivity index (χ4v) is 2.15. The van der Waals surface area contributed by atoms with Crippen LogP contribution in [0.1, 0.15) is 16.1 Å². The number of carbonyl (C=O) groups excluding carboxylic acids is 2. The molecule has 0 aliphatic heterocycles. The third-order valence-electron chi connectivity index (χ3n) is 2.71. The molecule has 0 fully saturated rings. The summed E-state index contributed by atoms with van der Waals surface area (Å²) >= 11 is 2.80. The van der Waals surface area contributed by atoms with Crippen molar-refractivity contribution in [2.75, 3.05) is 11.9 Å². The minimum Gasteiger partial charge on any atom is -0.459 e. The number of halogens is 4. The van der Waals surface area contributed by atoms with Gasteiger partial charge in [-0.15, -0.1) is 0 Å². The van der Waals surface area contributed by atoms with Crippen LogP contribution in [0, 0.1) is 0 Å². The van der Waals surface area contributed by atoms with Crippen LogP contribution in [0.15, 0.2) is 45.5 Å². The van der Waals surface area contributed by atoms with E-state index in [1.54, 1.807) is 0 Å². The first-order valence-electron chi connectivity index (χ1n) is 6.25. The van der Waals surface area contributed by atoms with Crippen LogP contribution in [0.25, 0.3) is 0 Å². The lowest BCUT2D eigenvalue weighted by Gasteiger charge is -2.12. The molecule has 0 radical (unpaired) electrons. The summed E-state index contributed by atoms with van der Waals surface area (Å²) in [5, 5.41) is 4.56. The number of hydrogen-bond acceptors (Lipinski definition) is 3. The molecule has 2 amide bonds. The van der Waals surface area contributed by atoms with Crippen molar-refractivity contribution in [3.8, 4) is 0 Å². The van der Waals surface area contributed by atoms with Gasteiger partial charge in [0.15, 0.2) is 5.76 Å². The van der Waals surface area contributed by atoms with Gasteiger partial charge >= 0.3 is 6.18 Å². The van der Waals surface area contributed by atoms with Crippen molar-refractivity contribution in [2.45, 2.75) is 6.18 Å². The topological polar surface area (TPSA) is 71.3 Å². The number of nitrogens with one attached hydrogen (secondary N) is 2. The van der Waals surface area contributed by atoms with E-state index in [0.29, 0.717) is 0 Å². The maximum absolute atomic E-state index is 12.8. The summed E-state index contributed by atoms with van der Waals surface area (Å²) in [5.74, 6) is -1.24. The number of rotatable bonds is 4. The highest BCUT2D eigenvalue weighted by Crippen LogP contribution is 2.36. The third-order valence-corrected chi connectivity index (χ3v) is 3.40. The van der Waals surface area contributed by atoms with Gasteiger partial charge in [0.2, 0.25) is 5.91 Å². The highest BCUT2D eigenvalue weighted by atomic mass is 79.9. The predicted molar refractivity (Wildman–Crippen MR) is 78.8 cm³/mol. The van der Waals surface area contributed by atoms with E-state index in [0.717, 1.165) is 6.07 Å². The summed E-state index contributed by atoms with van der Waals surface area (Å²) in [6, 6.07) is 6.22. The van der Waals surface area contributed by atoms with Gasteiger partial charge in [-0.25, -0.2) is 0 Å². The quantitative estimate of drug-likeness (QED) is 0.839. The van der Waals surface area contributed by atoms with Crippen LogP contribution >= 0.6 is 15.9 Å². The summed E-state index contributed by atoms with van der Waals surface area (Å²) in [4.78, 5) is 23.2. The first-order valence-corrected chi connectivity index (χ1v) is 7.05. The molecule has 23 heavy (non-hydrogen) atoms. The Hall–Kier alpha value is -2.29. The molecule has 0 bridgehead atoms. The Morgan fingerprint density at radius 1 is 1.22 bits per heavy atom. The van der Waals surface area contributed by atoms with Crippen LogP contribution < -0.4 is 10.6 Å². The van der Waals surface area contributed by atoms with E-state index in [1.807, 2.05) is 0 Å². The van der Waals surface area contributed by atoms with Crippen molar-refractivity contribution < 1.29 is 27.2 Å². The van der Waals surface area contributed by atoms with Crippen LogP contribution in [-0.2, 0) is 11.0 Å². The van der Waals surface area contributed by atoms with Crippen molar-refractivity contribution in [2.24, 2.45) is 0 Å². The van der Waals surface area contributed by atoms with E-state index in [2.05, 4.69) is 26.6 Å². The lowest BCUT2D eigenvalue weighted by Crippen LogP contribution is -2.32. The van der Waals surface area contributed by atoms with Crippen molar-refractivity contribution in [3.63, 3.8) is 0 Å². The van der Waals surface area contributed by atoms with E-state index in [1.165, 1.54) is 30.5 Å². The summed E-state index contributed by atoms with van der Waals surface area (Å²) in [5.41, 5.74) is -0.937. The molecule has 9 heteroatoms. The second-order valence-electron chi connectivity index (χ2n) is 4.40. The van der Waals surface area contributed by atoms with Crippen LogP contribution in [0.3, 0.4) is 0 Å². The van der Waals surface area contributed by atoms with Gasteiger partial charge in [0.05, 0.1) is 18.4 Å². The summed E-state index contributed by atoms with van der Waals surface area (Å²) in [6.07, 6.45) is -3.25. The molecule has 0 saturated carbocycles. The highest BCUT2D eigenvalue weighted by Gasteiger charge is 2.33. The minimum atomic E-state index is -4.55. The lowest BCUT2D eigenvalue weighted by molar-refractivity contribution is -0.138. The Morgan fingerprint density at radius 3 is 2.57 bits per heavy atom. The van der Waals surface area contributed by atoms with E-state index in [4.69, 9.17) is 4.42 Å². The van der Waals surface area contributed by atoms with Gasteiger partial charge in [0, 0.05) is 10.2 Å². The smallest absolute Gasteiger partial charge is 0.417 e. The maximum Gasteiger partial charge on any atom is 0.417 e. The van der Waals surface area contributed by atoms with Gasteiger partial charge in [-0.2, -0.15) is 13.2 Å². The zero-order valence-corrected chi connectivity index (χ0v) is 13.0. The molecule has 0 aliphatic carbocycles. The largest absolute Gasteiger partial charge is 0.459 e. The molecule has 122 valence electrons. The molecule has 0 saturated heterocycles. The number of carbonyl (C=O) groups is 2. The van der Waals surface area contributed by atoms with Gasteiger partial charge in [0.25, 0.3) is 5.91 Å². The zero-order chi connectivity index (χ0) is 17.0. The number of benzene rings is 1. The molecule has 5 nitrogen and oxygen atoms in total. The first kappa shape index (κ1) is 17.1. The molecule has 1 aromatic heterocycles. The standard InChI is InChI=1S/C14H10BrF3N2O3/c15-10-4-3-8(6-9(10)14(16,17)18)20-12(21)7-19-13(22)11-2-1-5-23-11/h1-6H,7H2,(H,19,22)(H,20,21). The number of hydrogen-bond donors (Lipinski definition) is 2. The van der Waals surface area contributed by atoms with Gasteiger partial charge in [-0.1, -0.05) is 15.9 Å². The van der Waals surface area contributed by atoms with Gasteiger partial charge in [-0.05, 0) is 30.3 Å². The molecular weight excluding hydrogens is 381 g/mol. The van der Waals surface area contributed by atoms with Crippen molar-refractivity contribution in [1.29, 1.82) is 0 Å². The van der Waals surface area contributed by atoms with Crippen LogP contribution in [0.4, 0.5) is 18.9 Å². The Labute approximate surface area is 137 Å². The van der Waals surface area contributed by atoms with Gasteiger partial charge in [-0.3, -0.25) is 9.59 Å². The van der Waals surface area contributed by atoms with E-state index >= 15 is 0 Å². The Bertz CT molecular complexity index is 715. The molecule has 2 N–H and O–H groups in total. The molecule has 2 aromatic rings. The summed E-state index contributed by atoms with van der Waals surface area (Å²) in [7, 11) is 0. The average molecular weight is 391 g/mol. The Balaban J connectivity index is 1.97. The van der Waals surface area contributed by atoms with Crippen molar-refractivity contribution >= 4 is 33.4 Å². The van der Waals surface area contributed by atoms with Gasteiger partial charge < -0.3 is 15.1 Å². The second-order valence-corrected chi connectivity index (χ2v) is 5.25. The fraction of sp³-hybridized carbons (Fsp3) is 0.143. The van der Waals surface area contributed by atoms with Crippen molar-refractivity contribution in [3.05, 3.63) is 52.4 Å². The number of alkyl halides is 3. The number of furan rings is 1. The average Bonchev–Trinajstić information content (AvgIpc) is 3.00. The predicted octanol–water partition coefficient (Wildman–Crippen LogP) is 3.43. The van der Waals surface area contributed by atoms with E-state index in [9.17, 15) is 22.8 Å².